The van der Waals surface area contributed by atoms with Crippen molar-refractivity contribution in [1.82, 2.24) is 0 Å². The van der Waals surface area contributed by atoms with Crippen molar-refractivity contribution in [2.45, 2.75) is 19.3 Å². The maximum absolute atomic E-state index is 6.61. The first kappa shape index (κ1) is 32.6. The molecule has 1 aliphatic rings. The number of hydrogen-bond donors (Lipinski definition) is 0. The van der Waals surface area contributed by atoms with E-state index in [4.69, 9.17) is 8.83 Å². The Morgan fingerprint density at radius 3 is 1.69 bits per heavy atom. The lowest BCUT2D eigenvalue weighted by Crippen LogP contribution is -2.15. The Labute approximate surface area is 340 Å². The van der Waals surface area contributed by atoms with E-state index in [1.165, 1.54) is 77.0 Å². The van der Waals surface area contributed by atoms with E-state index in [2.05, 4.69) is 184 Å². The van der Waals surface area contributed by atoms with E-state index in [1.54, 1.807) is 0 Å². The number of benzene rings is 10. The van der Waals surface area contributed by atoms with Crippen LogP contribution in [-0.2, 0) is 5.41 Å². The standard InChI is InChI=1S/C57H36O2/c1-57(2)48-26-22-37(55-42-17-8-6-15-40(42)54(33-12-4-3-5-13-33)41-16-7-9-18-43(41)55)28-46(48)38-24-20-34(29-49(38)57)35-21-25-44-52(30-35)59-51-27-23-36-31-53-47(32-45(36)56(44)51)39-14-10-11-19-50(39)58-53/h3-32H,1-2H3. The first-order chi connectivity index (χ1) is 29.0. The summed E-state index contributed by atoms with van der Waals surface area (Å²) in [5, 5.41) is 11.9. The van der Waals surface area contributed by atoms with Gasteiger partial charge < -0.3 is 8.83 Å². The molecule has 0 amide bonds. The summed E-state index contributed by atoms with van der Waals surface area (Å²) in [6.45, 7) is 4.74. The summed E-state index contributed by atoms with van der Waals surface area (Å²) >= 11 is 0. The molecule has 2 heteroatoms. The lowest BCUT2D eigenvalue weighted by Gasteiger charge is -2.22. The Morgan fingerprint density at radius 2 is 0.932 bits per heavy atom. The highest BCUT2D eigenvalue weighted by Gasteiger charge is 2.36. The highest BCUT2D eigenvalue weighted by molar-refractivity contribution is 6.23. The molecule has 0 fully saturated rings. The van der Waals surface area contributed by atoms with Crippen LogP contribution in [0.2, 0.25) is 0 Å². The lowest BCUT2D eigenvalue weighted by molar-refractivity contribution is 0.660. The van der Waals surface area contributed by atoms with E-state index in [9.17, 15) is 0 Å². The van der Waals surface area contributed by atoms with Gasteiger partial charge in [-0.15, -0.1) is 0 Å². The van der Waals surface area contributed by atoms with Gasteiger partial charge in [-0.3, -0.25) is 0 Å². The highest BCUT2D eigenvalue weighted by Crippen LogP contribution is 2.52. The quantitative estimate of drug-likeness (QED) is 0.168. The van der Waals surface area contributed by atoms with E-state index in [0.717, 1.165) is 54.8 Å². The van der Waals surface area contributed by atoms with Crippen LogP contribution in [0.5, 0.6) is 0 Å². The van der Waals surface area contributed by atoms with E-state index in [1.807, 2.05) is 12.1 Å². The highest BCUT2D eigenvalue weighted by atomic mass is 16.3. The fourth-order valence-electron chi connectivity index (χ4n) is 10.4. The van der Waals surface area contributed by atoms with Crippen molar-refractivity contribution in [2.75, 3.05) is 0 Å². The normalized spacial score (nSPS) is 13.4. The average Bonchev–Trinajstić information content (AvgIpc) is 3.91. The zero-order valence-electron chi connectivity index (χ0n) is 32.6. The molecule has 0 saturated heterocycles. The molecular weight excluding hydrogens is 717 g/mol. The first-order valence-electron chi connectivity index (χ1n) is 20.5. The molecular formula is C57H36O2. The third-order valence-electron chi connectivity index (χ3n) is 13.2. The summed E-state index contributed by atoms with van der Waals surface area (Å²) in [5.41, 5.74) is 16.2. The van der Waals surface area contributed by atoms with Crippen molar-refractivity contribution in [3.8, 4) is 44.5 Å². The van der Waals surface area contributed by atoms with Gasteiger partial charge in [0.15, 0.2) is 0 Å². The number of rotatable bonds is 3. The van der Waals surface area contributed by atoms with Crippen LogP contribution in [0.4, 0.5) is 0 Å². The average molecular weight is 753 g/mol. The SMILES string of the molecule is CC1(C)c2ccc(-c3c4ccccc4c(-c4ccccc4)c4ccccc34)cc2-c2ccc(-c3ccc4c(c3)oc3ccc5cc6oc7ccccc7c6cc5c34)cc21. The minimum atomic E-state index is -0.161. The first-order valence-corrected chi connectivity index (χ1v) is 20.5. The molecule has 0 aliphatic heterocycles. The third-order valence-corrected chi connectivity index (χ3v) is 13.2. The van der Waals surface area contributed by atoms with Gasteiger partial charge in [-0.2, -0.15) is 0 Å². The Morgan fingerprint density at radius 1 is 0.322 bits per heavy atom. The summed E-state index contributed by atoms with van der Waals surface area (Å²) < 4.78 is 12.8. The minimum Gasteiger partial charge on any atom is -0.456 e. The van der Waals surface area contributed by atoms with Gasteiger partial charge in [-0.1, -0.05) is 147 Å². The second-order valence-electron chi connectivity index (χ2n) is 16.8. The molecule has 276 valence electrons. The van der Waals surface area contributed by atoms with Crippen LogP contribution in [-0.4, -0.2) is 0 Å². The van der Waals surface area contributed by atoms with Crippen molar-refractivity contribution in [2.24, 2.45) is 0 Å². The van der Waals surface area contributed by atoms with Crippen molar-refractivity contribution in [1.29, 1.82) is 0 Å². The molecule has 0 radical (unpaired) electrons. The van der Waals surface area contributed by atoms with Gasteiger partial charge in [-0.05, 0) is 136 Å². The van der Waals surface area contributed by atoms with Crippen molar-refractivity contribution >= 4 is 76.2 Å². The molecule has 13 rings (SSSR count). The third kappa shape index (κ3) is 4.57. The smallest absolute Gasteiger partial charge is 0.136 e. The lowest BCUT2D eigenvalue weighted by atomic mass is 9.81. The zero-order valence-corrected chi connectivity index (χ0v) is 32.6. The monoisotopic (exact) mass is 752 g/mol. The molecule has 1 aliphatic carbocycles. The molecule has 0 bridgehead atoms. The van der Waals surface area contributed by atoms with Gasteiger partial charge >= 0.3 is 0 Å². The van der Waals surface area contributed by atoms with Crippen LogP contribution in [0.1, 0.15) is 25.0 Å². The topological polar surface area (TPSA) is 26.3 Å². The summed E-state index contributed by atoms with van der Waals surface area (Å²) in [4.78, 5) is 0. The second-order valence-corrected chi connectivity index (χ2v) is 16.8. The molecule has 10 aromatic carbocycles. The molecule has 0 N–H and O–H groups in total. The van der Waals surface area contributed by atoms with Crippen LogP contribution in [0.25, 0.3) is 121 Å². The van der Waals surface area contributed by atoms with Gasteiger partial charge in [0.1, 0.15) is 22.3 Å². The van der Waals surface area contributed by atoms with Crippen LogP contribution in [0.3, 0.4) is 0 Å². The number of fused-ring (bicyclic) bond motifs is 13. The van der Waals surface area contributed by atoms with Gasteiger partial charge in [0.2, 0.25) is 0 Å². The number of para-hydroxylation sites is 1. The van der Waals surface area contributed by atoms with Crippen LogP contribution in [0, 0.1) is 0 Å². The Balaban J connectivity index is 0.938. The molecule has 0 spiro atoms. The van der Waals surface area contributed by atoms with Crippen LogP contribution in [0.15, 0.2) is 191 Å². The summed E-state index contributed by atoms with van der Waals surface area (Å²) in [7, 11) is 0. The van der Waals surface area contributed by atoms with E-state index in [-0.39, 0.29) is 5.41 Å². The van der Waals surface area contributed by atoms with E-state index < -0.39 is 0 Å². The molecule has 2 aromatic heterocycles. The second kappa shape index (κ2) is 11.8. The molecule has 0 saturated carbocycles. The fraction of sp³-hybridized carbons (Fsp3) is 0.0526. The molecule has 59 heavy (non-hydrogen) atoms. The van der Waals surface area contributed by atoms with Crippen LogP contribution >= 0.6 is 0 Å². The largest absolute Gasteiger partial charge is 0.456 e. The molecule has 2 nitrogen and oxygen atoms in total. The molecule has 0 unspecified atom stereocenters. The van der Waals surface area contributed by atoms with Crippen LogP contribution < -0.4 is 0 Å². The predicted octanol–water partition coefficient (Wildman–Crippen LogP) is 16.3. The molecule has 0 atom stereocenters. The number of hydrogen-bond acceptors (Lipinski definition) is 2. The predicted molar refractivity (Wildman–Crippen MR) is 247 cm³/mol. The van der Waals surface area contributed by atoms with Gasteiger partial charge in [0.05, 0.1) is 0 Å². The minimum absolute atomic E-state index is 0.161. The number of furan rings is 2. The van der Waals surface area contributed by atoms with Gasteiger partial charge in [-0.25, -0.2) is 0 Å². The van der Waals surface area contributed by atoms with Gasteiger partial charge in [0, 0.05) is 27.0 Å². The Hall–Kier alpha value is -7.42. The van der Waals surface area contributed by atoms with E-state index in [0.29, 0.717) is 0 Å². The molecule has 12 aromatic rings. The van der Waals surface area contributed by atoms with Crippen molar-refractivity contribution < 1.29 is 8.83 Å². The molecule has 2 heterocycles. The zero-order chi connectivity index (χ0) is 39.0. The van der Waals surface area contributed by atoms with Crippen molar-refractivity contribution in [3.63, 3.8) is 0 Å². The Bertz CT molecular complexity index is 3690. The maximum atomic E-state index is 6.61. The maximum Gasteiger partial charge on any atom is 0.136 e. The van der Waals surface area contributed by atoms with Crippen molar-refractivity contribution in [3.05, 3.63) is 193 Å². The summed E-state index contributed by atoms with van der Waals surface area (Å²) in [6, 6.07) is 66.5. The van der Waals surface area contributed by atoms with Gasteiger partial charge in [0.25, 0.3) is 0 Å². The Kier molecular flexibility index (Phi) is 6.54. The van der Waals surface area contributed by atoms with E-state index >= 15 is 0 Å². The summed E-state index contributed by atoms with van der Waals surface area (Å²) in [5.74, 6) is 0. The summed E-state index contributed by atoms with van der Waals surface area (Å²) in [6.07, 6.45) is 0. The fourth-order valence-corrected chi connectivity index (χ4v) is 10.4.